The quantitative estimate of drug-likeness (QED) is 0.595. The summed E-state index contributed by atoms with van der Waals surface area (Å²) in [6.45, 7) is 1.40. The number of methoxy groups -OCH3 is 2. The molecule has 0 bridgehead atoms. The molecular formula is C15H19NO5. The summed E-state index contributed by atoms with van der Waals surface area (Å²) < 4.78 is 9.65. The Morgan fingerprint density at radius 1 is 1.38 bits per heavy atom. The Morgan fingerprint density at radius 2 is 2.10 bits per heavy atom. The van der Waals surface area contributed by atoms with Crippen molar-refractivity contribution in [1.82, 2.24) is 5.32 Å². The number of nitrogens with one attached hydrogen (secondary N) is 1. The molecule has 0 aromatic heterocycles. The molecule has 2 N–H and O–H groups in total. The number of hydrogen-bond donors (Lipinski definition) is 2. The normalized spacial score (nSPS) is 12.0. The molecule has 1 amide bonds. The number of aliphatic hydroxyl groups is 1. The third-order valence-corrected chi connectivity index (χ3v) is 2.78. The van der Waals surface area contributed by atoms with E-state index in [9.17, 15) is 9.59 Å². The molecule has 0 heterocycles. The average Bonchev–Trinajstić information content (AvgIpc) is 2.49. The van der Waals surface area contributed by atoms with Crippen LogP contribution in [-0.2, 0) is 14.3 Å². The van der Waals surface area contributed by atoms with Gasteiger partial charge in [0.15, 0.2) is 6.04 Å². The van der Waals surface area contributed by atoms with Gasteiger partial charge in [-0.05, 0) is 25.1 Å². The summed E-state index contributed by atoms with van der Waals surface area (Å²) in [5, 5.41) is 11.4. The second kappa shape index (κ2) is 8.06. The molecule has 21 heavy (non-hydrogen) atoms. The fraction of sp³-hybridized carbons (Fsp3) is 0.333. The van der Waals surface area contributed by atoms with E-state index in [2.05, 4.69) is 10.1 Å². The number of aliphatic hydroxyl groups excluding tert-OH is 1. The van der Waals surface area contributed by atoms with E-state index < -0.39 is 24.5 Å². The molecule has 0 radical (unpaired) electrons. The van der Waals surface area contributed by atoms with Crippen molar-refractivity contribution in [2.45, 2.75) is 13.0 Å². The molecule has 0 saturated heterocycles. The zero-order valence-electron chi connectivity index (χ0n) is 12.3. The van der Waals surface area contributed by atoms with Crippen molar-refractivity contribution in [2.75, 3.05) is 20.8 Å². The number of hydrogen-bond acceptors (Lipinski definition) is 5. The zero-order chi connectivity index (χ0) is 15.8. The predicted molar refractivity (Wildman–Crippen MR) is 77.8 cm³/mol. The second-order valence-electron chi connectivity index (χ2n) is 4.35. The SMILES string of the molecule is COC(=O)[C@@H](CO)NC(=O)/C=C/c1cc(C)ccc1OC. The second-order valence-corrected chi connectivity index (χ2v) is 4.35. The van der Waals surface area contributed by atoms with E-state index >= 15 is 0 Å². The van der Waals surface area contributed by atoms with E-state index in [1.54, 1.807) is 19.3 Å². The lowest BCUT2D eigenvalue weighted by atomic mass is 10.1. The lowest BCUT2D eigenvalue weighted by molar-refractivity contribution is -0.145. The van der Waals surface area contributed by atoms with Gasteiger partial charge in [0.2, 0.25) is 5.91 Å². The minimum atomic E-state index is -1.08. The van der Waals surface area contributed by atoms with Crippen LogP contribution in [0, 0.1) is 6.92 Å². The Morgan fingerprint density at radius 3 is 2.67 bits per heavy atom. The van der Waals surface area contributed by atoms with Crippen LogP contribution in [0.4, 0.5) is 0 Å². The molecule has 6 nitrogen and oxygen atoms in total. The monoisotopic (exact) mass is 293 g/mol. The topological polar surface area (TPSA) is 84.9 Å². The molecule has 0 saturated carbocycles. The van der Waals surface area contributed by atoms with Gasteiger partial charge in [0, 0.05) is 11.6 Å². The maximum Gasteiger partial charge on any atom is 0.330 e. The number of rotatable bonds is 6. The van der Waals surface area contributed by atoms with Gasteiger partial charge in [-0.25, -0.2) is 4.79 Å². The highest BCUT2D eigenvalue weighted by molar-refractivity contribution is 5.94. The number of esters is 1. The van der Waals surface area contributed by atoms with E-state index in [0.29, 0.717) is 5.75 Å². The van der Waals surface area contributed by atoms with Crippen LogP contribution in [0.1, 0.15) is 11.1 Å². The van der Waals surface area contributed by atoms with Gasteiger partial charge in [-0.3, -0.25) is 4.79 Å². The maximum atomic E-state index is 11.7. The Kier molecular flexibility index (Phi) is 6.42. The minimum Gasteiger partial charge on any atom is -0.496 e. The van der Waals surface area contributed by atoms with E-state index in [1.807, 2.05) is 19.1 Å². The highest BCUT2D eigenvalue weighted by atomic mass is 16.5. The van der Waals surface area contributed by atoms with E-state index in [-0.39, 0.29) is 0 Å². The van der Waals surface area contributed by atoms with Crippen LogP contribution in [0.5, 0.6) is 5.75 Å². The van der Waals surface area contributed by atoms with Crippen LogP contribution in [0.2, 0.25) is 0 Å². The largest absolute Gasteiger partial charge is 0.496 e. The zero-order valence-corrected chi connectivity index (χ0v) is 12.3. The van der Waals surface area contributed by atoms with Crippen molar-refractivity contribution in [2.24, 2.45) is 0 Å². The highest BCUT2D eigenvalue weighted by Crippen LogP contribution is 2.20. The fourth-order valence-electron chi connectivity index (χ4n) is 1.69. The van der Waals surface area contributed by atoms with Gasteiger partial charge in [0.25, 0.3) is 0 Å². The van der Waals surface area contributed by atoms with Gasteiger partial charge in [0.1, 0.15) is 5.75 Å². The van der Waals surface area contributed by atoms with Crippen LogP contribution in [0.3, 0.4) is 0 Å². The summed E-state index contributed by atoms with van der Waals surface area (Å²) in [5.41, 5.74) is 1.77. The molecule has 0 aliphatic heterocycles. The highest BCUT2D eigenvalue weighted by Gasteiger charge is 2.19. The first-order valence-corrected chi connectivity index (χ1v) is 6.33. The van der Waals surface area contributed by atoms with Crippen molar-refractivity contribution >= 4 is 18.0 Å². The van der Waals surface area contributed by atoms with Crippen molar-refractivity contribution in [3.8, 4) is 5.75 Å². The molecule has 0 aliphatic carbocycles. The Labute approximate surface area is 123 Å². The van der Waals surface area contributed by atoms with Crippen LogP contribution in [0.25, 0.3) is 6.08 Å². The first-order valence-electron chi connectivity index (χ1n) is 6.33. The summed E-state index contributed by atoms with van der Waals surface area (Å²) in [7, 11) is 2.73. The third-order valence-electron chi connectivity index (χ3n) is 2.78. The van der Waals surface area contributed by atoms with Gasteiger partial charge in [-0.15, -0.1) is 0 Å². The van der Waals surface area contributed by atoms with Crippen LogP contribution in [-0.4, -0.2) is 43.9 Å². The van der Waals surface area contributed by atoms with Crippen molar-refractivity contribution in [3.63, 3.8) is 0 Å². The molecule has 114 valence electrons. The molecule has 1 aromatic carbocycles. The van der Waals surface area contributed by atoms with Crippen molar-refractivity contribution < 1.29 is 24.2 Å². The molecule has 1 rings (SSSR count). The van der Waals surface area contributed by atoms with Crippen molar-refractivity contribution in [1.29, 1.82) is 0 Å². The summed E-state index contributed by atoms with van der Waals surface area (Å²) in [4.78, 5) is 23.0. The Hall–Kier alpha value is -2.34. The summed E-state index contributed by atoms with van der Waals surface area (Å²) in [5.74, 6) is -0.577. The average molecular weight is 293 g/mol. The van der Waals surface area contributed by atoms with Crippen molar-refractivity contribution in [3.05, 3.63) is 35.4 Å². The van der Waals surface area contributed by atoms with Gasteiger partial charge in [-0.1, -0.05) is 11.6 Å². The molecular weight excluding hydrogens is 274 g/mol. The van der Waals surface area contributed by atoms with Gasteiger partial charge in [0.05, 0.1) is 20.8 Å². The number of ether oxygens (including phenoxy) is 2. The van der Waals surface area contributed by atoms with E-state index in [4.69, 9.17) is 9.84 Å². The number of carbonyl (C=O) groups excluding carboxylic acids is 2. The molecule has 0 spiro atoms. The number of carbonyl (C=O) groups is 2. The van der Waals surface area contributed by atoms with Crippen LogP contribution in [0.15, 0.2) is 24.3 Å². The van der Waals surface area contributed by atoms with Gasteiger partial charge in [-0.2, -0.15) is 0 Å². The smallest absolute Gasteiger partial charge is 0.330 e. The molecule has 1 atom stereocenters. The molecule has 0 aliphatic rings. The molecule has 6 heteroatoms. The van der Waals surface area contributed by atoms with Gasteiger partial charge < -0.3 is 19.9 Å². The fourth-order valence-corrected chi connectivity index (χ4v) is 1.69. The van der Waals surface area contributed by atoms with Crippen LogP contribution < -0.4 is 10.1 Å². The summed E-state index contributed by atoms with van der Waals surface area (Å²) >= 11 is 0. The Balaban J connectivity index is 2.78. The Bertz CT molecular complexity index is 539. The van der Waals surface area contributed by atoms with Crippen LogP contribution >= 0.6 is 0 Å². The molecule has 1 aromatic rings. The van der Waals surface area contributed by atoms with Gasteiger partial charge >= 0.3 is 5.97 Å². The number of aryl methyl sites for hydroxylation is 1. The number of amides is 1. The molecule has 0 fully saturated rings. The number of benzene rings is 1. The molecule has 0 unspecified atom stereocenters. The summed E-state index contributed by atoms with van der Waals surface area (Å²) in [6, 6.07) is 4.49. The standard InChI is InChI=1S/C15H19NO5/c1-10-4-6-13(20-2)11(8-10)5-7-14(18)16-12(9-17)15(19)21-3/h4-8,12,17H,9H2,1-3H3,(H,16,18)/b7-5+/t12-/m1/s1. The first kappa shape index (κ1) is 16.7. The lowest BCUT2D eigenvalue weighted by Crippen LogP contribution is -2.43. The van der Waals surface area contributed by atoms with E-state index in [1.165, 1.54) is 13.2 Å². The lowest BCUT2D eigenvalue weighted by Gasteiger charge is -2.12. The summed E-state index contributed by atoms with van der Waals surface area (Å²) in [6.07, 6.45) is 2.84. The minimum absolute atomic E-state index is 0.511. The third kappa shape index (κ3) is 4.92. The van der Waals surface area contributed by atoms with E-state index in [0.717, 1.165) is 11.1 Å². The first-order chi connectivity index (χ1) is 10.0. The maximum absolute atomic E-state index is 11.7. The predicted octanol–water partition coefficient (Wildman–Crippen LogP) is 0.667.